The molecule has 32 heavy (non-hydrogen) atoms. The Kier molecular flexibility index (Phi) is 7.22. The lowest BCUT2D eigenvalue weighted by molar-refractivity contribution is -0.118. The molecule has 0 atom stereocenters. The molecule has 0 fully saturated rings. The minimum atomic E-state index is -0.770. The van der Waals surface area contributed by atoms with E-state index in [4.69, 9.17) is 14.2 Å². The van der Waals surface area contributed by atoms with Crippen molar-refractivity contribution >= 4 is 17.6 Å². The van der Waals surface area contributed by atoms with Gasteiger partial charge in [-0.1, -0.05) is 29.8 Å². The summed E-state index contributed by atoms with van der Waals surface area (Å²) in [4.78, 5) is 37.4. The lowest BCUT2D eigenvalue weighted by Gasteiger charge is -2.13. The third-order valence-electron chi connectivity index (χ3n) is 4.38. The van der Waals surface area contributed by atoms with Gasteiger partial charge in [0, 0.05) is 0 Å². The van der Waals surface area contributed by atoms with Crippen LogP contribution in [0.15, 0.2) is 59.4 Å². The minimum absolute atomic E-state index is 0.109. The number of aromatic nitrogens is 2. The summed E-state index contributed by atoms with van der Waals surface area (Å²) in [5.41, 5.74) is 1.21. The van der Waals surface area contributed by atoms with Crippen LogP contribution in [-0.4, -0.2) is 42.0 Å². The number of carbonyl (C=O) groups excluding carboxylic acids is 2. The molecule has 1 N–H and O–H groups in total. The monoisotopic (exact) mass is 437 g/mol. The van der Waals surface area contributed by atoms with E-state index in [2.05, 4.69) is 10.4 Å². The van der Waals surface area contributed by atoms with Crippen molar-refractivity contribution in [3.63, 3.8) is 0 Å². The number of amides is 1. The molecule has 9 heteroatoms. The van der Waals surface area contributed by atoms with Gasteiger partial charge in [-0.25, -0.2) is 4.79 Å². The lowest BCUT2D eigenvalue weighted by Crippen LogP contribution is -2.27. The van der Waals surface area contributed by atoms with E-state index in [1.54, 1.807) is 43.3 Å². The second-order valence-corrected chi connectivity index (χ2v) is 6.70. The molecule has 1 aromatic heterocycles. The van der Waals surface area contributed by atoms with E-state index >= 15 is 0 Å². The Morgan fingerprint density at radius 1 is 1.06 bits per heavy atom. The molecule has 0 bridgehead atoms. The summed E-state index contributed by atoms with van der Waals surface area (Å²) in [6, 6.07) is 15.0. The number of benzene rings is 2. The van der Waals surface area contributed by atoms with Crippen LogP contribution in [0.1, 0.15) is 23.0 Å². The maximum Gasteiger partial charge on any atom is 0.362 e. The van der Waals surface area contributed by atoms with Crippen molar-refractivity contribution < 1.29 is 23.8 Å². The van der Waals surface area contributed by atoms with Crippen LogP contribution in [0, 0.1) is 6.92 Å². The normalized spacial score (nSPS) is 10.3. The van der Waals surface area contributed by atoms with Gasteiger partial charge in [0.05, 0.1) is 31.2 Å². The molecule has 3 aromatic rings. The number of hydrogen-bond donors (Lipinski definition) is 1. The zero-order chi connectivity index (χ0) is 23.1. The molecule has 0 saturated carbocycles. The van der Waals surface area contributed by atoms with E-state index < -0.39 is 24.0 Å². The molecule has 1 heterocycles. The highest BCUT2D eigenvalue weighted by molar-refractivity contribution is 5.94. The summed E-state index contributed by atoms with van der Waals surface area (Å²) in [6.07, 6.45) is 0. The first-order valence-electron chi connectivity index (χ1n) is 9.87. The molecule has 0 aliphatic rings. The zero-order valence-corrected chi connectivity index (χ0v) is 18.0. The van der Waals surface area contributed by atoms with E-state index in [0.717, 1.165) is 16.3 Å². The number of aryl methyl sites for hydroxylation is 1. The van der Waals surface area contributed by atoms with Gasteiger partial charge in [0.15, 0.2) is 12.4 Å². The van der Waals surface area contributed by atoms with Crippen LogP contribution < -0.4 is 20.3 Å². The number of anilines is 1. The van der Waals surface area contributed by atoms with Gasteiger partial charge in [0.2, 0.25) is 5.69 Å². The highest BCUT2D eigenvalue weighted by atomic mass is 16.5. The van der Waals surface area contributed by atoms with Gasteiger partial charge in [-0.15, -0.1) is 0 Å². The van der Waals surface area contributed by atoms with Gasteiger partial charge in [-0.3, -0.25) is 9.59 Å². The summed E-state index contributed by atoms with van der Waals surface area (Å²) >= 11 is 0. The van der Waals surface area contributed by atoms with Gasteiger partial charge in [-0.2, -0.15) is 9.78 Å². The Morgan fingerprint density at radius 3 is 2.47 bits per heavy atom. The van der Waals surface area contributed by atoms with E-state index in [-0.39, 0.29) is 18.1 Å². The fraction of sp³-hybridized carbons (Fsp3) is 0.217. The Hall–Kier alpha value is -4.14. The third kappa shape index (κ3) is 5.31. The first-order valence-corrected chi connectivity index (χ1v) is 9.87. The van der Waals surface area contributed by atoms with Crippen molar-refractivity contribution in [3.8, 4) is 17.2 Å². The van der Waals surface area contributed by atoms with Crippen LogP contribution in [0.5, 0.6) is 11.5 Å². The summed E-state index contributed by atoms with van der Waals surface area (Å²) in [5, 5.41) is 6.79. The summed E-state index contributed by atoms with van der Waals surface area (Å²) in [5.74, 6) is -0.942. The number of rotatable bonds is 8. The molecule has 1 amide bonds. The number of nitrogens with zero attached hydrogens (tertiary/aromatic N) is 2. The smallest absolute Gasteiger partial charge is 0.362 e. The number of hydrogen-bond acceptors (Lipinski definition) is 7. The molecule has 166 valence electrons. The average molecular weight is 437 g/mol. The molecule has 0 unspecified atom stereocenters. The lowest BCUT2D eigenvalue weighted by atomic mass is 10.2. The topological polar surface area (TPSA) is 109 Å². The first kappa shape index (κ1) is 22.5. The van der Waals surface area contributed by atoms with Crippen LogP contribution in [0.3, 0.4) is 0 Å². The largest absolute Gasteiger partial charge is 0.495 e. The minimum Gasteiger partial charge on any atom is -0.495 e. The Bertz CT molecular complexity index is 1170. The van der Waals surface area contributed by atoms with Gasteiger partial charge in [-0.05, 0) is 38.1 Å². The third-order valence-corrected chi connectivity index (χ3v) is 4.38. The first-order chi connectivity index (χ1) is 15.4. The van der Waals surface area contributed by atoms with Gasteiger partial charge >= 0.3 is 5.97 Å². The molecule has 9 nitrogen and oxygen atoms in total. The predicted octanol–water partition coefficient (Wildman–Crippen LogP) is 2.74. The fourth-order valence-corrected chi connectivity index (χ4v) is 2.84. The van der Waals surface area contributed by atoms with Crippen LogP contribution in [0.25, 0.3) is 5.69 Å². The molecular formula is C23H23N3O6. The molecule has 2 aromatic carbocycles. The van der Waals surface area contributed by atoms with Crippen molar-refractivity contribution in [1.82, 2.24) is 9.78 Å². The second-order valence-electron chi connectivity index (χ2n) is 6.70. The molecule has 3 rings (SSSR count). The van der Waals surface area contributed by atoms with E-state index in [1.807, 2.05) is 19.1 Å². The molecule has 0 aliphatic heterocycles. The van der Waals surface area contributed by atoms with Crippen molar-refractivity contribution in [1.29, 1.82) is 0 Å². The Labute approximate surface area is 184 Å². The Balaban J connectivity index is 1.85. The van der Waals surface area contributed by atoms with Gasteiger partial charge < -0.3 is 19.5 Å². The van der Waals surface area contributed by atoms with Crippen molar-refractivity contribution in [2.45, 2.75) is 13.8 Å². The fourth-order valence-electron chi connectivity index (χ4n) is 2.84. The SMILES string of the molecule is CCOC(=O)c1nn(-c2ccc(C)cc2)c(=O)cc1OCC(=O)Nc1ccccc1OC. The standard InChI is InChI=1S/C23H23N3O6/c1-4-31-23(29)22-19(13-21(28)26(25-22)16-11-9-15(2)10-12-16)32-14-20(27)24-17-7-5-6-8-18(17)30-3/h5-13H,4,14H2,1-3H3,(H,24,27). The van der Waals surface area contributed by atoms with Crippen LogP contribution in [-0.2, 0) is 9.53 Å². The van der Waals surface area contributed by atoms with E-state index in [9.17, 15) is 14.4 Å². The quantitative estimate of drug-likeness (QED) is 0.540. The predicted molar refractivity (Wildman–Crippen MR) is 118 cm³/mol. The Morgan fingerprint density at radius 2 is 1.78 bits per heavy atom. The number of esters is 1. The second kappa shape index (κ2) is 10.3. The molecule has 0 aliphatic carbocycles. The highest BCUT2D eigenvalue weighted by Gasteiger charge is 2.21. The van der Waals surface area contributed by atoms with E-state index in [0.29, 0.717) is 17.1 Å². The molecular weight excluding hydrogens is 414 g/mol. The summed E-state index contributed by atoms with van der Waals surface area (Å²) in [7, 11) is 1.49. The highest BCUT2D eigenvalue weighted by Crippen LogP contribution is 2.23. The molecule has 0 saturated heterocycles. The zero-order valence-electron chi connectivity index (χ0n) is 18.0. The summed E-state index contributed by atoms with van der Waals surface area (Å²) in [6.45, 7) is 3.21. The van der Waals surface area contributed by atoms with Crippen LogP contribution >= 0.6 is 0 Å². The van der Waals surface area contributed by atoms with Gasteiger partial charge in [0.25, 0.3) is 11.5 Å². The average Bonchev–Trinajstić information content (AvgIpc) is 2.79. The number of methoxy groups -OCH3 is 1. The van der Waals surface area contributed by atoms with Crippen molar-refractivity contribution in [2.24, 2.45) is 0 Å². The number of carbonyl (C=O) groups is 2. The number of nitrogens with one attached hydrogen (secondary N) is 1. The van der Waals surface area contributed by atoms with Crippen LogP contribution in [0.2, 0.25) is 0 Å². The number of para-hydroxylation sites is 2. The van der Waals surface area contributed by atoms with Crippen molar-refractivity contribution in [3.05, 3.63) is 76.2 Å². The van der Waals surface area contributed by atoms with E-state index in [1.165, 1.54) is 7.11 Å². The van der Waals surface area contributed by atoms with Gasteiger partial charge in [0.1, 0.15) is 5.75 Å². The van der Waals surface area contributed by atoms with Crippen molar-refractivity contribution in [2.75, 3.05) is 25.6 Å². The molecule has 0 spiro atoms. The van der Waals surface area contributed by atoms with Crippen LogP contribution in [0.4, 0.5) is 5.69 Å². The summed E-state index contributed by atoms with van der Waals surface area (Å²) < 4.78 is 16.8. The molecule has 0 radical (unpaired) electrons. The maximum absolute atomic E-state index is 12.6. The number of ether oxygens (including phenoxy) is 3. The maximum atomic E-state index is 12.6.